The number of esters is 1. The van der Waals surface area contributed by atoms with Gasteiger partial charge in [0.1, 0.15) is 0 Å². The van der Waals surface area contributed by atoms with Crippen LogP contribution in [0.5, 0.6) is 0 Å². The molecule has 0 radical (unpaired) electrons. The van der Waals surface area contributed by atoms with Crippen LogP contribution >= 0.6 is 0 Å². The highest BCUT2D eigenvalue weighted by atomic mass is 16.5. The Bertz CT molecular complexity index is 908. The van der Waals surface area contributed by atoms with Crippen LogP contribution in [0.1, 0.15) is 21.5 Å². The molecule has 0 amide bonds. The smallest absolute Gasteiger partial charge is 0.337 e. The van der Waals surface area contributed by atoms with Crippen LogP contribution in [0.4, 0.5) is 0 Å². The largest absolute Gasteiger partial charge is 0.465 e. The number of hydrogen-bond donors (Lipinski definition) is 0. The van der Waals surface area contributed by atoms with Gasteiger partial charge in [0, 0.05) is 35.3 Å². The molecular formula is C20H14N2O2. The molecule has 0 saturated carbocycles. The fourth-order valence-corrected chi connectivity index (χ4v) is 2.14. The van der Waals surface area contributed by atoms with Gasteiger partial charge in [0.15, 0.2) is 0 Å². The van der Waals surface area contributed by atoms with Gasteiger partial charge in [-0.2, -0.15) is 0 Å². The van der Waals surface area contributed by atoms with E-state index in [1.807, 2.05) is 36.4 Å². The zero-order chi connectivity index (χ0) is 16.8. The molecule has 3 rings (SSSR count). The van der Waals surface area contributed by atoms with E-state index in [0.717, 1.165) is 16.7 Å². The first-order chi connectivity index (χ1) is 11.8. The SMILES string of the molecule is COC(=O)c1ccnc(-c2ccc(C#Cc3ccncc3)cc2)c1. The van der Waals surface area contributed by atoms with Crippen LogP contribution in [0, 0.1) is 11.8 Å². The lowest BCUT2D eigenvalue weighted by molar-refractivity contribution is 0.0600. The summed E-state index contributed by atoms with van der Waals surface area (Å²) in [5.41, 5.74) is 3.92. The minimum Gasteiger partial charge on any atom is -0.465 e. The molecule has 3 aromatic rings. The van der Waals surface area contributed by atoms with Crippen molar-refractivity contribution < 1.29 is 9.53 Å². The summed E-state index contributed by atoms with van der Waals surface area (Å²) in [6.07, 6.45) is 5.03. The normalized spacial score (nSPS) is 9.71. The summed E-state index contributed by atoms with van der Waals surface area (Å²) < 4.78 is 4.73. The van der Waals surface area contributed by atoms with Gasteiger partial charge in [-0.25, -0.2) is 4.79 Å². The number of hydrogen-bond acceptors (Lipinski definition) is 4. The Kier molecular flexibility index (Phi) is 4.64. The first kappa shape index (κ1) is 15.4. The second-order valence-electron chi connectivity index (χ2n) is 4.98. The van der Waals surface area contributed by atoms with Gasteiger partial charge in [0.25, 0.3) is 0 Å². The van der Waals surface area contributed by atoms with E-state index in [1.165, 1.54) is 7.11 Å². The summed E-state index contributed by atoms with van der Waals surface area (Å²) in [5, 5.41) is 0. The topological polar surface area (TPSA) is 52.1 Å². The molecule has 24 heavy (non-hydrogen) atoms. The molecule has 0 aliphatic carbocycles. The van der Waals surface area contributed by atoms with Gasteiger partial charge in [-0.15, -0.1) is 0 Å². The first-order valence-corrected chi connectivity index (χ1v) is 7.33. The van der Waals surface area contributed by atoms with Crippen LogP contribution in [-0.4, -0.2) is 23.0 Å². The average Bonchev–Trinajstić information content (AvgIpc) is 2.67. The van der Waals surface area contributed by atoms with E-state index in [4.69, 9.17) is 4.74 Å². The van der Waals surface area contributed by atoms with Gasteiger partial charge in [-0.1, -0.05) is 24.0 Å². The Morgan fingerprint density at radius 1 is 0.917 bits per heavy atom. The number of carbonyl (C=O) groups is 1. The highest BCUT2D eigenvalue weighted by Gasteiger charge is 2.07. The second-order valence-corrected chi connectivity index (χ2v) is 4.98. The number of pyridine rings is 2. The molecule has 0 fully saturated rings. The summed E-state index contributed by atoms with van der Waals surface area (Å²) in [5.74, 6) is 5.81. The Balaban J connectivity index is 1.83. The third-order valence-corrected chi connectivity index (χ3v) is 3.39. The second kappa shape index (κ2) is 7.21. The van der Waals surface area contributed by atoms with E-state index in [-0.39, 0.29) is 5.97 Å². The van der Waals surface area contributed by atoms with E-state index >= 15 is 0 Å². The monoisotopic (exact) mass is 314 g/mol. The lowest BCUT2D eigenvalue weighted by Crippen LogP contribution is -2.01. The lowest BCUT2D eigenvalue weighted by Gasteiger charge is -2.03. The molecule has 0 bridgehead atoms. The molecule has 2 aromatic heterocycles. The molecule has 0 atom stereocenters. The third kappa shape index (κ3) is 3.65. The molecule has 0 unspecified atom stereocenters. The molecular weight excluding hydrogens is 300 g/mol. The van der Waals surface area contributed by atoms with Crippen molar-refractivity contribution in [2.24, 2.45) is 0 Å². The Morgan fingerprint density at radius 3 is 2.25 bits per heavy atom. The lowest BCUT2D eigenvalue weighted by atomic mass is 10.1. The van der Waals surface area contributed by atoms with E-state index in [9.17, 15) is 4.79 Å². The van der Waals surface area contributed by atoms with Crippen molar-refractivity contribution in [3.05, 3.63) is 83.8 Å². The molecule has 0 N–H and O–H groups in total. The van der Waals surface area contributed by atoms with Crippen LogP contribution in [0.2, 0.25) is 0 Å². The number of ether oxygens (including phenoxy) is 1. The van der Waals surface area contributed by atoms with Crippen molar-refractivity contribution in [3.8, 4) is 23.1 Å². The number of benzene rings is 1. The van der Waals surface area contributed by atoms with Gasteiger partial charge in [0.05, 0.1) is 18.4 Å². The van der Waals surface area contributed by atoms with E-state index in [1.54, 1.807) is 30.7 Å². The van der Waals surface area contributed by atoms with Crippen molar-refractivity contribution in [1.82, 2.24) is 9.97 Å². The van der Waals surface area contributed by atoms with E-state index in [2.05, 4.69) is 21.8 Å². The molecule has 4 heteroatoms. The number of carbonyl (C=O) groups excluding carboxylic acids is 1. The fourth-order valence-electron chi connectivity index (χ4n) is 2.14. The van der Waals surface area contributed by atoms with Gasteiger partial charge >= 0.3 is 5.97 Å². The molecule has 0 aliphatic heterocycles. The quantitative estimate of drug-likeness (QED) is 0.538. The van der Waals surface area contributed by atoms with Crippen molar-refractivity contribution >= 4 is 5.97 Å². The first-order valence-electron chi connectivity index (χ1n) is 7.33. The summed E-state index contributed by atoms with van der Waals surface area (Å²) in [7, 11) is 1.36. The zero-order valence-corrected chi connectivity index (χ0v) is 13.1. The average molecular weight is 314 g/mol. The molecule has 0 spiro atoms. The standard InChI is InChI=1S/C20H14N2O2/c1-24-20(23)18-10-13-22-19(14-18)17-6-4-15(5-7-17)2-3-16-8-11-21-12-9-16/h4-14H,1H3. The van der Waals surface area contributed by atoms with Crippen LogP contribution in [-0.2, 0) is 4.74 Å². The van der Waals surface area contributed by atoms with Crippen LogP contribution in [0.3, 0.4) is 0 Å². The van der Waals surface area contributed by atoms with Crippen LogP contribution in [0.25, 0.3) is 11.3 Å². The van der Waals surface area contributed by atoms with Crippen molar-refractivity contribution in [2.45, 2.75) is 0 Å². The summed E-state index contributed by atoms with van der Waals surface area (Å²) in [6.45, 7) is 0. The van der Waals surface area contributed by atoms with Crippen molar-refractivity contribution in [1.29, 1.82) is 0 Å². The summed E-state index contributed by atoms with van der Waals surface area (Å²) in [4.78, 5) is 19.9. The predicted octanol–water partition coefficient (Wildman–Crippen LogP) is 3.33. The van der Waals surface area contributed by atoms with Gasteiger partial charge < -0.3 is 4.74 Å². The Labute approximate surface area is 140 Å². The zero-order valence-electron chi connectivity index (χ0n) is 13.1. The van der Waals surface area contributed by atoms with Crippen molar-refractivity contribution in [2.75, 3.05) is 7.11 Å². The third-order valence-electron chi connectivity index (χ3n) is 3.39. The van der Waals surface area contributed by atoms with Gasteiger partial charge in [-0.3, -0.25) is 9.97 Å². The molecule has 2 heterocycles. The Hall–Kier alpha value is -3.45. The predicted molar refractivity (Wildman–Crippen MR) is 91.2 cm³/mol. The van der Waals surface area contributed by atoms with E-state index < -0.39 is 0 Å². The maximum atomic E-state index is 11.6. The number of nitrogens with zero attached hydrogens (tertiary/aromatic N) is 2. The number of aromatic nitrogens is 2. The minimum atomic E-state index is -0.376. The number of rotatable bonds is 2. The Morgan fingerprint density at radius 2 is 1.58 bits per heavy atom. The van der Waals surface area contributed by atoms with Gasteiger partial charge in [0.2, 0.25) is 0 Å². The molecule has 116 valence electrons. The number of methoxy groups -OCH3 is 1. The minimum absolute atomic E-state index is 0.376. The molecule has 0 aliphatic rings. The van der Waals surface area contributed by atoms with Crippen LogP contribution < -0.4 is 0 Å². The highest BCUT2D eigenvalue weighted by molar-refractivity contribution is 5.90. The maximum absolute atomic E-state index is 11.6. The van der Waals surface area contributed by atoms with E-state index in [0.29, 0.717) is 11.3 Å². The molecule has 1 aromatic carbocycles. The summed E-state index contributed by atoms with van der Waals surface area (Å²) in [6, 6.07) is 14.8. The van der Waals surface area contributed by atoms with Crippen LogP contribution in [0.15, 0.2) is 67.1 Å². The van der Waals surface area contributed by atoms with Crippen molar-refractivity contribution in [3.63, 3.8) is 0 Å². The maximum Gasteiger partial charge on any atom is 0.337 e. The summed E-state index contributed by atoms with van der Waals surface area (Å²) >= 11 is 0. The fraction of sp³-hybridized carbons (Fsp3) is 0.0500. The molecule has 4 nitrogen and oxygen atoms in total. The molecule has 0 saturated heterocycles. The highest BCUT2D eigenvalue weighted by Crippen LogP contribution is 2.18. The van der Waals surface area contributed by atoms with Gasteiger partial charge in [-0.05, 0) is 36.4 Å².